The fraction of sp³-hybridized carbons (Fsp3) is 0.294. The highest BCUT2D eigenvalue weighted by Crippen LogP contribution is 2.26. The van der Waals surface area contributed by atoms with E-state index in [1.807, 2.05) is 36.4 Å². The molecule has 2 N–H and O–H groups in total. The first-order chi connectivity index (χ1) is 11.6. The van der Waals surface area contributed by atoms with Gasteiger partial charge in [-0.1, -0.05) is 47.1 Å². The van der Waals surface area contributed by atoms with Crippen LogP contribution >= 0.6 is 22.9 Å². The van der Waals surface area contributed by atoms with Crippen LogP contribution in [-0.4, -0.2) is 29.4 Å². The minimum Gasteiger partial charge on any atom is -0.388 e. The number of halogens is 1. The molecule has 0 saturated carbocycles. The molecule has 2 aromatic rings. The van der Waals surface area contributed by atoms with Crippen molar-refractivity contribution in [1.82, 2.24) is 5.32 Å². The van der Waals surface area contributed by atoms with Crippen molar-refractivity contribution in [3.8, 4) is 0 Å². The number of aliphatic hydroxyl groups is 1. The molecule has 0 aliphatic carbocycles. The molecule has 24 heavy (non-hydrogen) atoms. The number of nitrogens with zero attached hydrogens (tertiary/aromatic N) is 1. The quantitative estimate of drug-likeness (QED) is 0.827. The van der Waals surface area contributed by atoms with Crippen molar-refractivity contribution in [3.05, 3.63) is 57.2 Å². The lowest BCUT2D eigenvalue weighted by atomic mass is 10.1. The van der Waals surface area contributed by atoms with Gasteiger partial charge < -0.3 is 15.3 Å². The van der Waals surface area contributed by atoms with E-state index >= 15 is 0 Å². The molecule has 0 unspecified atom stereocenters. The largest absolute Gasteiger partial charge is 0.388 e. The Balaban J connectivity index is 1.43. The highest BCUT2D eigenvalue weighted by atomic mass is 35.5. The number of hydrogen-bond acceptors (Lipinski definition) is 5. The molecule has 7 heteroatoms. The van der Waals surface area contributed by atoms with Gasteiger partial charge in [-0.2, -0.15) is 0 Å². The van der Waals surface area contributed by atoms with E-state index < -0.39 is 12.2 Å². The fourth-order valence-corrected chi connectivity index (χ4v) is 3.45. The first-order valence-electron chi connectivity index (χ1n) is 7.62. The van der Waals surface area contributed by atoms with E-state index in [1.165, 1.54) is 11.3 Å². The second-order valence-corrected chi connectivity index (χ2v) is 7.16. The number of amides is 1. The molecule has 3 rings (SSSR count). The minimum atomic E-state index is -0.630. The molecular weight excluding hydrogens is 348 g/mol. The second-order valence-electron chi connectivity index (χ2n) is 5.45. The van der Waals surface area contributed by atoms with Crippen LogP contribution in [0.2, 0.25) is 4.34 Å². The average Bonchev–Trinajstić information content (AvgIpc) is 3.24. The van der Waals surface area contributed by atoms with Crippen molar-refractivity contribution in [2.45, 2.75) is 25.0 Å². The van der Waals surface area contributed by atoms with Crippen LogP contribution in [0.1, 0.15) is 29.4 Å². The van der Waals surface area contributed by atoms with Crippen molar-refractivity contribution in [1.29, 1.82) is 0 Å². The maximum atomic E-state index is 12.1. The Hall–Kier alpha value is -1.89. The summed E-state index contributed by atoms with van der Waals surface area (Å²) in [5.74, 6) is -0.225. The molecule has 0 fully saturated rings. The van der Waals surface area contributed by atoms with E-state index in [0.717, 1.165) is 16.2 Å². The number of hydrogen-bond donors (Lipinski definition) is 2. The predicted molar refractivity (Wildman–Crippen MR) is 94.4 cm³/mol. The first-order valence-corrected chi connectivity index (χ1v) is 8.82. The summed E-state index contributed by atoms with van der Waals surface area (Å²) in [6.07, 6.45) is -0.369. The number of benzene rings is 1. The van der Waals surface area contributed by atoms with Gasteiger partial charge in [-0.25, -0.2) is 0 Å². The molecule has 5 nitrogen and oxygen atoms in total. The van der Waals surface area contributed by atoms with Gasteiger partial charge in [0.2, 0.25) is 6.10 Å². The highest BCUT2D eigenvalue weighted by molar-refractivity contribution is 7.18. The van der Waals surface area contributed by atoms with Gasteiger partial charge in [-0.05, 0) is 24.1 Å². The van der Waals surface area contributed by atoms with Crippen molar-refractivity contribution in [2.24, 2.45) is 5.16 Å². The van der Waals surface area contributed by atoms with Gasteiger partial charge in [-0.15, -0.1) is 11.3 Å². The Morgan fingerprint density at radius 3 is 2.88 bits per heavy atom. The molecule has 0 radical (unpaired) electrons. The van der Waals surface area contributed by atoms with Crippen LogP contribution in [0.15, 0.2) is 47.6 Å². The predicted octanol–water partition coefficient (Wildman–Crippen LogP) is 3.13. The molecule has 1 aliphatic rings. The Morgan fingerprint density at radius 1 is 1.38 bits per heavy atom. The van der Waals surface area contributed by atoms with Gasteiger partial charge in [-0.3, -0.25) is 4.79 Å². The molecule has 126 valence electrons. The summed E-state index contributed by atoms with van der Waals surface area (Å²) >= 11 is 7.31. The van der Waals surface area contributed by atoms with Crippen LogP contribution < -0.4 is 5.32 Å². The summed E-state index contributed by atoms with van der Waals surface area (Å²) in [6.45, 7) is 0.370. The van der Waals surface area contributed by atoms with Gasteiger partial charge in [0.1, 0.15) is 5.71 Å². The second kappa shape index (κ2) is 7.79. The molecule has 0 saturated heterocycles. The molecule has 2 atom stereocenters. The zero-order valence-electron chi connectivity index (χ0n) is 12.8. The Kier molecular flexibility index (Phi) is 5.50. The van der Waals surface area contributed by atoms with Crippen LogP contribution in [-0.2, 0) is 9.63 Å². The normalized spacial score (nSPS) is 17.9. The molecule has 2 heterocycles. The third-order valence-corrected chi connectivity index (χ3v) is 5.00. The fourth-order valence-electron chi connectivity index (χ4n) is 2.42. The molecule has 0 bridgehead atoms. The summed E-state index contributed by atoms with van der Waals surface area (Å²) in [5, 5.41) is 16.8. The Morgan fingerprint density at radius 2 is 2.17 bits per heavy atom. The van der Waals surface area contributed by atoms with Crippen molar-refractivity contribution in [3.63, 3.8) is 0 Å². The topological polar surface area (TPSA) is 70.9 Å². The van der Waals surface area contributed by atoms with Crippen LogP contribution in [0, 0.1) is 0 Å². The lowest BCUT2D eigenvalue weighted by Crippen LogP contribution is -2.35. The summed E-state index contributed by atoms with van der Waals surface area (Å²) in [4.78, 5) is 18.3. The zero-order valence-corrected chi connectivity index (χ0v) is 14.4. The van der Waals surface area contributed by atoms with Gasteiger partial charge >= 0.3 is 0 Å². The molecular formula is C17H17ClN2O3S. The van der Waals surface area contributed by atoms with Gasteiger partial charge in [0.05, 0.1) is 15.3 Å². The van der Waals surface area contributed by atoms with Crippen molar-refractivity contribution in [2.75, 3.05) is 6.54 Å². The van der Waals surface area contributed by atoms with Crippen LogP contribution in [0.5, 0.6) is 0 Å². The number of nitrogens with one attached hydrogen (secondary N) is 1. The summed E-state index contributed by atoms with van der Waals surface area (Å²) in [6, 6.07) is 13.0. The van der Waals surface area contributed by atoms with Crippen molar-refractivity contribution >= 4 is 34.6 Å². The van der Waals surface area contributed by atoms with Gasteiger partial charge in [0, 0.05) is 13.0 Å². The summed E-state index contributed by atoms with van der Waals surface area (Å²) in [5.41, 5.74) is 1.57. The lowest BCUT2D eigenvalue weighted by Gasteiger charge is -2.13. The number of rotatable bonds is 6. The minimum absolute atomic E-state index is 0.225. The van der Waals surface area contributed by atoms with Crippen LogP contribution in [0.4, 0.5) is 0 Å². The van der Waals surface area contributed by atoms with Crippen LogP contribution in [0.25, 0.3) is 0 Å². The number of oxime groups is 1. The van der Waals surface area contributed by atoms with Gasteiger partial charge in [0.15, 0.2) is 0 Å². The number of aliphatic hydroxyl groups excluding tert-OH is 1. The van der Waals surface area contributed by atoms with E-state index in [0.29, 0.717) is 23.7 Å². The van der Waals surface area contributed by atoms with E-state index in [4.69, 9.17) is 16.4 Å². The monoisotopic (exact) mass is 364 g/mol. The molecule has 0 spiro atoms. The van der Waals surface area contributed by atoms with Gasteiger partial charge in [0.25, 0.3) is 5.91 Å². The first kappa shape index (κ1) is 17.0. The highest BCUT2D eigenvalue weighted by Gasteiger charge is 2.29. The molecule has 1 aromatic heterocycles. The lowest BCUT2D eigenvalue weighted by molar-refractivity contribution is -0.131. The molecule has 1 aromatic carbocycles. The molecule has 1 amide bonds. The Labute approximate surface area is 148 Å². The number of thiophene rings is 1. The smallest absolute Gasteiger partial charge is 0.264 e. The maximum Gasteiger partial charge on any atom is 0.264 e. The van der Waals surface area contributed by atoms with E-state index in [1.54, 1.807) is 6.07 Å². The van der Waals surface area contributed by atoms with E-state index in [2.05, 4.69) is 10.5 Å². The standard InChI is InChI=1S/C17H17ClN2O3S/c18-16-7-6-15(24-16)12-10-14(23-20-12)17(22)19-9-8-13(21)11-4-2-1-3-5-11/h1-7,13-14,21H,8-10H2,(H,19,22)/t13-,14+/m1/s1. The third kappa shape index (κ3) is 4.14. The van der Waals surface area contributed by atoms with E-state index in [-0.39, 0.29) is 5.91 Å². The zero-order chi connectivity index (χ0) is 16.9. The Bertz CT molecular complexity index is 732. The molecule has 1 aliphatic heterocycles. The average molecular weight is 365 g/mol. The number of carbonyl (C=O) groups is 1. The summed E-state index contributed by atoms with van der Waals surface area (Å²) < 4.78 is 0.676. The third-order valence-electron chi connectivity index (χ3n) is 3.72. The summed E-state index contributed by atoms with van der Waals surface area (Å²) in [7, 11) is 0. The maximum absolute atomic E-state index is 12.1. The van der Waals surface area contributed by atoms with Crippen LogP contribution in [0.3, 0.4) is 0 Å². The van der Waals surface area contributed by atoms with Crippen molar-refractivity contribution < 1.29 is 14.7 Å². The van der Waals surface area contributed by atoms with E-state index in [9.17, 15) is 9.90 Å². The number of carbonyl (C=O) groups excluding carboxylic acids is 1. The SMILES string of the molecule is O=C(NCC[C@@H](O)c1ccccc1)[C@@H]1CC(c2ccc(Cl)s2)=NO1.